The fourth-order valence-corrected chi connectivity index (χ4v) is 1.31. The Morgan fingerprint density at radius 3 is 2.62 bits per heavy atom. The first-order valence-corrected chi connectivity index (χ1v) is 4.64. The Morgan fingerprint density at radius 1 is 1.38 bits per heavy atom. The third kappa shape index (κ3) is 2.83. The van der Waals surface area contributed by atoms with Crippen LogP contribution in [0.4, 0.5) is 4.39 Å². The maximum absolute atomic E-state index is 13.3. The van der Waals surface area contributed by atoms with Gasteiger partial charge < -0.3 is 5.32 Å². The van der Waals surface area contributed by atoms with E-state index in [4.69, 9.17) is 23.2 Å². The van der Waals surface area contributed by atoms with Gasteiger partial charge in [0.2, 0.25) is 0 Å². The number of benzene rings is 1. The second kappa shape index (κ2) is 4.80. The first kappa shape index (κ1) is 10.8. The van der Waals surface area contributed by atoms with Gasteiger partial charge in [-0.3, -0.25) is 0 Å². The van der Waals surface area contributed by atoms with Crippen LogP contribution in [0.3, 0.4) is 0 Å². The molecular formula is C9H10Cl2FN. The van der Waals surface area contributed by atoms with E-state index in [1.54, 1.807) is 25.2 Å². The van der Waals surface area contributed by atoms with Crippen LogP contribution in [0.1, 0.15) is 11.7 Å². The Morgan fingerprint density at radius 2 is 2.08 bits per heavy atom. The van der Waals surface area contributed by atoms with E-state index in [9.17, 15) is 4.39 Å². The van der Waals surface area contributed by atoms with E-state index in [1.807, 2.05) is 0 Å². The van der Waals surface area contributed by atoms with E-state index in [-0.39, 0.29) is 6.54 Å². The molecule has 0 radical (unpaired) electrons. The van der Waals surface area contributed by atoms with Crippen molar-refractivity contribution in [2.75, 3.05) is 13.6 Å². The highest BCUT2D eigenvalue weighted by Gasteiger charge is 2.09. The number of alkyl halides is 1. The molecule has 0 aliphatic heterocycles. The summed E-state index contributed by atoms with van der Waals surface area (Å²) in [6.45, 7) is 0.276. The number of nitrogens with one attached hydrogen (secondary N) is 1. The quantitative estimate of drug-likeness (QED) is 0.827. The molecule has 1 aromatic carbocycles. The van der Waals surface area contributed by atoms with Gasteiger partial charge in [0.15, 0.2) is 0 Å². The molecule has 4 heteroatoms. The van der Waals surface area contributed by atoms with Gasteiger partial charge in [0.25, 0.3) is 0 Å². The fraction of sp³-hybridized carbons (Fsp3) is 0.333. The minimum atomic E-state index is -1.04. The van der Waals surface area contributed by atoms with Crippen molar-refractivity contribution in [2.45, 2.75) is 6.17 Å². The zero-order chi connectivity index (χ0) is 9.84. The van der Waals surface area contributed by atoms with Crippen molar-refractivity contribution in [3.05, 3.63) is 33.8 Å². The summed E-state index contributed by atoms with van der Waals surface area (Å²) in [6.07, 6.45) is -1.04. The van der Waals surface area contributed by atoms with Gasteiger partial charge in [0, 0.05) is 6.54 Å². The highest BCUT2D eigenvalue weighted by atomic mass is 35.5. The molecule has 0 saturated heterocycles. The average molecular weight is 222 g/mol. The maximum Gasteiger partial charge on any atom is 0.138 e. The second-order valence-electron chi connectivity index (χ2n) is 2.70. The van der Waals surface area contributed by atoms with E-state index in [2.05, 4.69) is 5.32 Å². The lowest BCUT2D eigenvalue weighted by molar-refractivity contribution is 0.335. The van der Waals surface area contributed by atoms with Gasteiger partial charge >= 0.3 is 0 Å². The molecule has 0 amide bonds. The zero-order valence-corrected chi connectivity index (χ0v) is 8.66. The number of halogens is 3. The standard InChI is InChI=1S/C9H10Cl2FN/c1-13-5-9(12)6-2-3-7(10)8(11)4-6/h2-4,9,13H,5H2,1H3. The highest BCUT2D eigenvalue weighted by Crippen LogP contribution is 2.26. The Kier molecular flexibility index (Phi) is 3.97. The number of likely N-dealkylation sites (N-methyl/N-ethyl adjacent to an activating group) is 1. The normalized spacial score (nSPS) is 12.9. The molecule has 0 aliphatic carbocycles. The molecule has 0 heterocycles. The van der Waals surface area contributed by atoms with Crippen molar-refractivity contribution in [1.82, 2.24) is 5.32 Å². The molecule has 1 atom stereocenters. The lowest BCUT2D eigenvalue weighted by atomic mass is 10.1. The Bertz CT molecular complexity index is 291. The lowest BCUT2D eigenvalue weighted by Crippen LogP contribution is -2.13. The molecule has 72 valence electrons. The van der Waals surface area contributed by atoms with Crippen LogP contribution in [0, 0.1) is 0 Å². The van der Waals surface area contributed by atoms with Crippen LogP contribution >= 0.6 is 23.2 Å². The van der Waals surface area contributed by atoms with E-state index in [0.29, 0.717) is 15.6 Å². The predicted octanol–water partition coefficient (Wildman–Crippen LogP) is 3.22. The van der Waals surface area contributed by atoms with E-state index in [1.165, 1.54) is 0 Å². The van der Waals surface area contributed by atoms with Gasteiger partial charge in [-0.25, -0.2) is 4.39 Å². The summed E-state index contributed by atoms with van der Waals surface area (Å²) in [4.78, 5) is 0. The van der Waals surface area contributed by atoms with Gasteiger partial charge in [0.1, 0.15) is 6.17 Å². The molecule has 1 N–H and O–H groups in total. The molecule has 0 aliphatic rings. The zero-order valence-electron chi connectivity index (χ0n) is 7.15. The molecular weight excluding hydrogens is 212 g/mol. The lowest BCUT2D eigenvalue weighted by Gasteiger charge is -2.08. The summed E-state index contributed by atoms with van der Waals surface area (Å²) in [7, 11) is 1.70. The average Bonchev–Trinajstić information content (AvgIpc) is 2.10. The summed E-state index contributed by atoms with van der Waals surface area (Å²) in [5.74, 6) is 0. The van der Waals surface area contributed by atoms with Crippen LogP contribution in [-0.4, -0.2) is 13.6 Å². The van der Waals surface area contributed by atoms with Crippen molar-refractivity contribution in [3.8, 4) is 0 Å². The van der Waals surface area contributed by atoms with Gasteiger partial charge in [0.05, 0.1) is 10.0 Å². The highest BCUT2D eigenvalue weighted by molar-refractivity contribution is 6.42. The summed E-state index contributed by atoms with van der Waals surface area (Å²) < 4.78 is 13.3. The van der Waals surface area contributed by atoms with Gasteiger partial charge in [-0.2, -0.15) is 0 Å². The van der Waals surface area contributed by atoms with E-state index >= 15 is 0 Å². The second-order valence-corrected chi connectivity index (χ2v) is 3.51. The van der Waals surface area contributed by atoms with E-state index in [0.717, 1.165) is 0 Å². The molecule has 13 heavy (non-hydrogen) atoms. The Balaban J connectivity index is 2.84. The van der Waals surface area contributed by atoms with E-state index < -0.39 is 6.17 Å². The Hall–Kier alpha value is -0.310. The molecule has 0 bridgehead atoms. The summed E-state index contributed by atoms with van der Waals surface area (Å²) in [5, 5.41) is 3.58. The predicted molar refractivity (Wildman–Crippen MR) is 54.2 cm³/mol. The van der Waals surface area contributed by atoms with Crippen molar-refractivity contribution >= 4 is 23.2 Å². The van der Waals surface area contributed by atoms with Crippen LogP contribution in [0.15, 0.2) is 18.2 Å². The van der Waals surface area contributed by atoms with Gasteiger partial charge in [-0.05, 0) is 24.7 Å². The SMILES string of the molecule is CNCC(F)c1ccc(Cl)c(Cl)c1. The van der Waals surface area contributed by atoms with Crippen molar-refractivity contribution in [1.29, 1.82) is 0 Å². The molecule has 1 rings (SSSR count). The van der Waals surface area contributed by atoms with Crippen LogP contribution in [-0.2, 0) is 0 Å². The molecule has 0 fully saturated rings. The largest absolute Gasteiger partial charge is 0.317 e. The molecule has 1 nitrogen and oxygen atoms in total. The third-order valence-corrected chi connectivity index (χ3v) is 2.43. The summed E-state index contributed by atoms with van der Waals surface area (Å²) in [5.41, 5.74) is 0.545. The number of hydrogen-bond acceptors (Lipinski definition) is 1. The summed E-state index contributed by atoms with van der Waals surface area (Å²) >= 11 is 11.4. The third-order valence-electron chi connectivity index (χ3n) is 1.69. The fourth-order valence-electron chi connectivity index (χ4n) is 1.00. The van der Waals surface area contributed by atoms with Crippen molar-refractivity contribution in [2.24, 2.45) is 0 Å². The van der Waals surface area contributed by atoms with Crippen LogP contribution in [0.25, 0.3) is 0 Å². The van der Waals surface area contributed by atoms with Crippen LogP contribution < -0.4 is 5.32 Å². The van der Waals surface area contributed by atoms with Crippen LogP contribution in [0.5, 0.6) is 0 Å². The Labute approximate surface area is 86.8 Å². The number of hydrogen-bond donors (Lipinski definition) is 1. The van der Waals surface area contributed by atoms with Crippen molar-refractivity contribution in [3.63, 3.8) is 0 Å². The molecule has 0 spiro atoms. The smallest absolute Gasteiger partial charge is 0.138 e. The number of rotatable bonds is 3. The van der Waals surface area contributed by atoms with Gasteiger partial charge in [-0.1, -0.05) is 29.3 Å². The molecule has 0 aromatic heterocycles. The maximum atomic E-state index is 13.3. The van der Waals surface area contributed by atoms with Crippen LogP contribution in [0.2, 0.25) is 10.0 Å². The monoisotopic (exact) mass is 221 g/mol. The molecule has 0 saturated carbocycles. The first-order chi connectivity index (χ1) is 6.15. The topological polar surface area (TPSA) is 12.0 Å². The van der Waals surface area contributed by atoms with Gasteiger partial charge in [-0.15, -0.1) is 0 Å². The minimum absolute atomic E-state index is 0.276. The van der Waals surface area contributed by atoms with Crippen molar-refractivity contribution < 1.29 is 4.39 Å². The summed E-state index contributed by atoms with van der Waals surface area (Å²) in [6, 6.07) is 4.78. The minimum Gasteiger partial charge on any atom is -0.317 e. The molecule has 1 unspecified atom stereocenters. The first-order valence-electron chi connectivity index (χ1n) is 3.88. The molecule has 1 aromatic rings.